The molecule has 1 aliphatic heterocycles. The van der Waals surface area contributed by atoms with Crippen LogP contribution in [0.25, 0.3) is 22.3 Å². The largest absolute Gasteiger partial charge is 0.488 e. The second-order valence-corrected chi connectivity index (χ2v) is 8.27. The summed E-state index contributed by atoms with van der Waals surface area (Å²) < 4.78 is 6.15. The third-order valence-electron chi connectivity index (χ3n) is 6.12. The van der Waals surface area contributed by atoms with Gasteiger partial charge in [-0.25, -0.2) is 9.78 Å². The maximum atomic E-state index is 11.6. The van der Waals surface area contributed by atoms with Gasteiger partial charge in [-0.15, -0.1) is 0 Å². The van der Waals surface area contributed by atoms with Crippen molar-refractivity contribution in [1.29, 1.82) is 0 Å². The first-order valence-electron chi connectivity index (χ1n) is 11.0. The number of likely N-dealkylation sites (tertiary alicyclic amines) is 1. The molecule has 1 amide bonds. The molecule has 1 aliphatic rings. The minimum atomic E-state index is -0.898. The highest BCUT2D eigenvalue weighted by Crippen LogP contribution is 2.38. The normalized spacial score (nSPS) is 16.1. The fourth-order valence-electron chi connectivity index (χ4n) is 4.49. The van der Waals surface area contributed by atoms with Gasteiger partial charge in [-0.3, -0.25) is 5.10 Å². The van der Waals surface area contributed by atoms with Gasteiger partial charge in [0.2, 0.25) is 0 Å². The topological polar surface area (TPSA) is 117 Å². The monoisotopic (exact) mass is 443 g/mol. The number of para-hydroxylation sites is 1. The molecule has 5 rings (SSSR count). The van der Waals surface area contributed by atoms with Crippen molar-refractivity contribution in [2.24, 2.45) is 0 Å². The summed E-state index contributed by atoms with van der Waals surface area (Å²) in [5.74, 6) is 1.11. The number of anilines is 1. The summed E-state index contributed by atoms with van der Waals surface area (Å²) in [7, 11) is 0. The highest BCUT2D eigenvalue weighted by atomic mass is 16.5. The number of nitrogens with one attached hydrogen (secondary N) is 1. The number of carboxylic acid groups (broad SMARTS) is 1. The van der Waals surface area contributed by atoms with Gasteiger partial charge < -0.3 is 20.5 Å². The Labute approximate surface area is 191 Å². The number of H-pyrrole nitrogens is 1. The van der Waals surface area contributed by atoms with E-state index in [2.05, 4.69) is 10.2 Å². The van der Waals surface area contributed by atoms with E-state index in [-0.39, 0.29) is 5.92 Å². The molecule has 2 aromatic carbocycles. The molecule has 1 atom stereocenters. The fraction of sp³-hybridized carbons (Fsp3) is 0.240. The van der Waals surface area contributed by atoms with Gasteiger partial charge in [0.1, 0.15) is 12.4 Å². The van der Waals surface area contributed by atoms with Crippen molar-refractivity contribution in [3.8, 4) is 17.0 Å². The Bertz CT molecular complexity index is 1290. The van der Waals surface area contributed by atoms with Crippen molar-refractivity contribution >= 4 is 22.9 Å². The molecule has 4 aromatic rings. The molecule has 0 spiro atoms. The fourth-order valence-corrected chi connectivity index (χ4v) is 4.49. The Balaban J connectivity index is 1.54. The molecule has 0 saturated carbocycles. The van der Waals surface area contributed by atoms with E-state index < -0.39 is 6.09 Å². The van der Waals surface area contributed by atoms with Gasteiger partial charge in [0.05, 0.1) is 11.1 Å². The smallest absolute Gasteiger partial charge is 0.407 e. The van der Waals surface area contributed by atoms with Crippen molar-refractivity contribution in [3.05, 3.63) is 71.8 Å². The number of rotatable bonds is 5. The van der Waals surface area contributed by atoms with Crippen LogP contribution in [0.4, 0.5) is 10.6 Å². The average molecular weight is 444 g/mol. The lowest BCUT2D eigenvalue weighted by atomic mass is 9.88. The number of benzene rings is 2. The van der Waals surface area contributed by atoms with E-state index >= 15 is 0 Å². The second-order valence-electron chi connectivity index (χ2n) is 8.27. The average Bonchev–Trinajstić information content (AvgIpc) is 3.23. The van der Waals surface area contributed by atoms with Crippen LogP contribution in [0.1, 0.15) is 29.9 Å². The van der Waals surface area contributed by atoms with Gasteiger partial charge in [0, 0.05) is 24.6 Å². The predicted octanol–water partition coefficient (Wildman–Crippen LogP) is 4.64. The van der Waals surface area contributed by atoms with Gasteiger partial charge in [-0.2, -0.15) is 5.10 Å². The predicted molar refractivity (Wildman–Crippen MR) is 126 cm³/mol. The number of aromatic nitrogens is 3. The molecule has 1 fully saturated rings. The van der Waals surface area contributed by atoms with Crippen molar-refractivity contribution in [2.75, 3.05) is 18.8 Å². The zero-order valence-electron chi connectivity index (χ0n) is 18.1. The molecule has 33 heavy (non-hydrogen) atoms. The number of fused-ring (bicyclic) bond motifs is 1. The first-order chi connectivity index (χ1) is 16.1. The summed E-state index contributed by atoms with van der Waals surface area (Å²) in [6.07, 6.45) is 0.772. The van der Waals surface area contributed by atoms with E-state index in [0.717, 1.165) is 46.4 Å². The SMILES string of the molecule is Nc1n[nH]c2nc(-c3ccccc3OCc3ccccc3)cc(C3CCCN(C(=O)O)C3)c12. The molecule has 1 unspecified atom stereocenters. The van der Waals surface area contributed by atoms with Crippen LogP contribution in [-0.2, 0) is 6.61 Å². The van der Waals surface area contributed by atoms with Crippen LogP contribution in [0.3, 0.4) is 0 Å². The molecule has 3 heterocycles. The highest BCUT2D eigenvalue weighted by molar-refractivity contribution is 5.92. The number of nitrogen functional groups attached to an aromatic ring is 1. The third kappa shape index (κ3) is 4.19. The Morgan fingerprint density at radius 1 is 1.18 bits per heavy atom. The quantitative estimate of drug-likeness (QED) is 0.413. The van der Waals surface area contributed by atoms with Crippen LogP contribution in [0.5, 0.6) is 5.75 Å². The number of hydrogen-bond acceptors (Lipinski definition) is 5. The lowest BCUT2D eigenvalue weighted by molar-refractivity contribution is 0.130. The molecule has 2 aromatic heterocycles. The number of piperidine rings is 1. The minimum absolute atomic E-state index is 0.0106. The summed E-state index contributed by atoms with van der Waals surface area (Å²) in [6.45, 7) is 1.41. The third-order valence-corrected chi connectivity index (χ3v) is 6.12. The van der Waals surface area contributed by atoms with Crippen molar-refractivity contribution in [1.82, 2.24) is 20.1 Å². The van der Waals surface area contributed by atoms with Crippen LogP contribution >= 0.6 is 0 Å². The lowest BCUT2D eigenvalue weighted by Gasteiger charge is -2.31. The number of amides is 1. The molecular weight excluding hydrogens is 418 g/mol. The molecule has 0 radical (unpaired) electrons. The number of pyridine rings is 1. The van der Waals surface area contributed by atoms with Gasteiger partial charge in [0.25, 0.3) is 0 Å². The number of nitrogens with two attached hydrogens (primary N) is 1. The van der Waals surface area contributed by atoms with Crippen LogP contribution in [0, 0.1) is 0 Å². The first kappa shape index (κ1) is 20.8. The maximum absolute atomic E-state index is 11.6. The standard InChI is InChI=1S/C25H25N5O3/c26-23-22-19(17-9-6-12-30(14-17)25(31)32)13-20(27-24(22)29-28-23)18-10-4-5-11-21(18)33-15-16-7-2-1-3-8-16/h1-5,7-8,10-11,13,17H,6,9,12,14-15H2,(H,31,32)(H3,26,27,28,29). The van der Waals surface area contributed by atoms with E-state index in [4.69, 9.17) is 15.5 Å². The molecule has 8 nitrogen and oxygen atoms in total. The second kappa shape index (κ2) is 8.82. The summed E-state index contributed by atoms with van der Waals surface area (Å²) in [5.41, 5.74) is 10.4. The van der Waals surface area contributed by atoms with Gasteiger partial charge >= 0.3 is 6.09 Å². The van der Waals surface area contributed by atoms with E-state index in [1.54, 1.807) is 0 Å². The number of aromatic amines is 1. The molecule has 0 bridgehead atoms. The molecule has 8 heteroatoms. The Morgan fingerprint density at radius 3 is 2.79 bits per heavy atom. The van der Waals surface area contributed by atoms with Crippen molar-refractivity contribution in [2.45, 2.75) is 25.4 Å². The zero-order chi connectivity index (χ0) is 22.8. The van der Waals surface area contributed by atoms with Crippen LogP contribution in [0.2, 0.25) is 0 Å². The van der Waals surface area contributed by atoms with Crippen LogP contribution < -0.4 is 10.5 Å². The molecule has 168 valence electrons. The number of hydrogen-bond donors (Lipinski definition) is 3. The van der Waals surface area contributed by atoms with Gasteiger partial charge in [-0.1, -0.05) is 42.5 Å². The zero-order valence-corrected chi connectivity index (χ0v) is 18.1. The molecule has 4 N–H and O–H groups in total. The van der Waals surface area contributed by atoms with Crippen molar-refractivity contribution < 1.29 is 14.6 Å². The Kier molecular flexibility index (Phi) is 5.56. The van der Waals surface area contributed by atoms with Crippen molar-refractivity contribution in [3.63, 3.8) is 0 Å². The lowest BCUT2D eigenvalue weighted by Crippen LogP contribution is -2.38. The molecular formula is C25H25N5O3. The van der Waals surface area contributed by atoms with Crippen LogP contribution in [0.15, 0.2) is 60.7 Å². The Hall–Kier alpha value is -4.07. The summed E-state index contributed by atoms with van der Waals surface area (Å²) in [5, 5.41) is 17.4. The van der Waals surface area contributed by atoms with Crippen LogP contribution in [-0.4, -0.2) is 44.4 Å². The Morgan fingerprint density at radius 2 is 1.97 bits per heavy atom. The molecule has 1 saturated heterocycles. The summed E-state index contributed by atoms with van der Waals surface area (Å²) in [4.78, 5) is 17.8. The van der Waals surface area contributed by atoms with E-state index in [1.165, 1.54) is 4.90 Å². The summed E-state index contributed by atoms with van der Waals surface area (Å²) >= 11 is 0. The minimum Gasteiger partial charge on any atom is -0.488 e. The van der Waals surface area contributed by atoms with E-state index in [0.29, 0.717) is 31.2 Å². The van der Waals surface area contributed by atoms with Gasteiger partial charge in [0.15, 0.2) is 11.5 Å². The van der Waals surface area contributed by atoms with E-state index in [9.17, 15) is 9.90 Å². The van der Waals surface area contributed by atoms with E-state index in [1.807, 2.05) is 60.7 Å². The molecule has 0 aliphatic carbocycles. The first-order valence-corrected chi connectivity index (χ1v) is 11.0. The number of ether oxygens (including phenoxy) is 1. The highest BCUT2D eigenvalue weighted by Gasteiger charge is 2.28. The number of nitrogens with zero attached hydrogens (tertiary/aromatic N) is 3. The van der Waals surface area contributed by atoms with Gasteiger partial charge in [-0.05, 0) is 42.2 Å². The maximum Gasteiger partial charge on any atom is 0.407 e. The number of carbonyl (C=O) groups is 1. The summed E-state index contributed by atoms with van der Waals surface area (Å²) in [6, 6.07) is 19.8.